The zero-order valence-corrected chi connectivity index (χ0v) is 11.2. The highest BCUT2D eigenvalue weighted by Gasteiger charge is 2.41. The van der Waals surface area contributed by atoms with Gasteiger partial charge < -0.3 is 10.1 Å². The van der Waals surface area contributed by atoms with E-state index in [-0.39, 0.29) is 12.3 Å². The molecule has 102 valence electrons. The first-order chi connectivity index (χ1) is 8.81. The van der Waals surface area contributed by atoms with Crippen LogP contribution in [0.1, 0.15) is 25.5 Å². The van der Waals surface area contributed by atoms with E-state index in [2.05, 4.69) is 5.32 Å². The number of nitro benzene ring substituents is 1. The molecule has 6 nitrogen and oxygen atoms in total. The summed E-state index contributed by atoms with van der Waals surface area (Å²) in [5.41, 5.74) is -0.146. The van der Waals surface area contributed by atoms with Crippen LogP contribution in [0.15, 0.2) is 18.2 Å². The molecule has 1 atom stereocenters. The highest BCUT2D eigenvalue weighted by Crippen LogP contribution is 2.40. The third-order valence-corrected chi connectivity index (χ3v) is 3.35. The summed E-state index contributed by atoms with van der Waals surface area (Å²) in [5.74, 6) is 0. The Morgan fingerprint density at radius 3 is 2.84 bits per heavy atom. The van der Waals surface area contributed by atoms with E-state index >= 15 is 0 Å². The van der Waals surface area contributed by atoms with Gasteiger partial charge in [-0.1, -0.05) is 25.4 Å². The summed E-state index contributed by atoms with van der Waals surface area (Å²) in [6, 6.07) is 3.79. The maximum absolute atomic E-state index is 11.4. The van der Waals surface area contributed by atoms with Gasteiger partial charge in [0.1, 0.15) is 6.61 Å². The number of cyclic esters (lactones) is 1. The number of hydrogen-bond acceptors (Lipinski definition) is 4. The zero-order chi connectivity index (χ0) is 14.2. The summed E-state index contributed by atoms with van der Waals surface area (Å²) in [5, 5.41) is 14.1. The normalized spacial score (nSPS) is 21.4. The van der Waals surface area contributed by atoms with E-state index in [0.717, 1.165) is 0 Å². The fourth-order valence-electron chi connectivity index (χ4n) is 2.11. The molecule has 1 aromatic rings. The molecule has 1 saturated heterocycles. The van der Waals surface area contributed by atoms with Crippen molar-refractivity contribution in [1.29, 1.82) is 0 Å². The van der Waals surface area contributed by atoms with Gasteiger partial charge in [0.2, 0.25) is 0 Å². The van der Waals surface area contributed by atoms with E-state index in [4.69, 9.17) is 16.3 Å². The first-order valence-corrected chi connectivity index (χ1v) is 6.06. The lowest BCUT2D eigenvalue weighted by atomic mass is 9.80. The molecule has 1 amide bonds. The average molecular weight is 285 g/mol. The van der Waals surface area contributed by atoms with E-state index in [0.29, 0.717) is 10.6 Å². The fraction of sp³-hybridized carbons (Fsp3) is 0.417. The molecule has 1 heterocycles. The van der Waals surface area contributed by atoms with E-state index < -0.39 is 22.5 Å². The number of alkyl carbamates (subject to hydrolysis) is 1. The first-order valence-electron chi connectivity index (χ1n) is 5.68. The number of nitrogens with one attached hydrogen (secondary N) is 1. The lowest BCUT2D eigenvalue weighted by molar-refractivity contribution is -0.386. The van der Waals surface area contributed by atoms with Gasteiger partial charge in [-0.25, -0.2) is 4.79 Å². The van der Waals surface area contributed by atoms with Crippen LogP contribution in [0.5, 0.6) is 0 Å². The molecule has 0 saturated carbocycles. The van der Waals surface area contributed by atoms with Crippen molar-refractivity contribution < 1.29 is 14.5 Å². The van der Waals surface area contributed by atoms with Crippen LogP contribution >= 0.6 is 11.6 Å². The molecule has 1 aliphatic rings. The van der Waals surface area contributed by atoms with Crippen LogP contribution in [0.2, 0.25) is 5.02 Å². The van der Waals surface area contributed by atoms with E-state index in [1.54, 1.807) is 0 Å². The van der Waals surface area contributed by atoms with Gasteiger partial charge in [-0.05, 0) is 12.1 Å². The summed E-state index contributed by atoms with van der Waals surface area (Å²) in [7, 11) is 0. The molecule has 19 heavy (non-hydrogen) atoms. The predicted octanol–water partition coefficient (Wildman–Crippen LogP) is 3.06. The molecule has 2 rings (SSSR count). The molecule has 1 fully saturated rings. The molecular formula is C12H13ClN2O4. The van der Waals surface area contributed by atoms with Crippen LogP contribution in [-0.4, -0.2) is 17.6 Å². The molecule has 0 bridgehead atoms. The largest absolute Gasteiger partial charge is 0.449 e. The number of benzene rings is 1. The summed E-state index contributed by atoms with van der Waals surface area (Å²) < 4.78 is 4.92. The van der Waals surface area contributed by atoms with Crippen molar-refractivity contribution >= 4 is 23.4 Å². The number of nitrogens with zero attached hydrogens (tertiary/aromatic N) is 1. The smallest absolute Gasteiger partial charge is 0.407 e. The van der Waals surface area contributed by atoms with Gasteiger partial charge in [-0.3, -0.25) is 10.1 Å². The molecule has 1 aliphatic heterocycles. The van der Waals surface area contributed by atoms with Crippen LogP contribution in [0, 0.1) is 15.5 Å². The SMILES string of the molecule is CC1(C)COC(=O)N[C@@H]1c1cc(Cl)ccc1[N+](=O)[O-]. The number of carbonyl (C=O) groups excluding carboxylic acids is 1. The molecule has 0 spiro atoms. The maximum Gasteiger partial charge on any atom is 0.407 e. The van der Waals surface area contributed by atoms with Gasteiger partial charge in [-0.2, -0.15) is 0 Å². The van der Waals surface area contributed by atoms with Crippen molar-refractivity contribution in [1.82, 2.24) is 5.32 Å². The quantitative estimate of drug-likeness (QED) is 0.668. The molecule has 0 unspecified atom stereocenters. The Labute approximate surface area is 114 Å². The second-order valence-corrected chi connectivity index (χ2v) is 5.54. The van der Waals surface area contributed by atoms with Crippen LogP contribution in [0.25, 0.3) is 0 Å². The van der Waals surface area contributed by atoms with Gasteiger partial charge >= 0.3 is 6.09 Å². The zero-order valence-electron chi connectivity index (χ0n) is 10.5. The second kappa shape index (κ2) is 4.70. The summed E-state index contributed by atoms with van der Waals surface area (Å²) in [6.45, 7) is 3.91. The fourth-order valence-corrected chi connectivity index (χ4v) is 2.29. The Morgan fingerprint density at radius 2 is 2.21 bits per heavy atom. The Hall–Kier alpha value is -1.82. The lowest BCUT2D eigenvalue weighted by Gasteiger charge is -2.38. The number of amides is 1. The highest BCUT2D eigenvalue weighted by atomic mass is 35.5. The summed E-state index contributed by atoms with van der Waals surface area (Å²) >= 11 is 5.90. The van der Waals surface area contributed by atoms with Gasteiger partial charge in [-0.15, -0.1) is 0 Å². The van der Waals surface area contributed by atoms with Gasteiger partial charge in [0, 0.05) is 16.5 Å². The number of ether oxygens (including phenoxy) is 1. The maximum atomic E-state index is 11.4. The predicted molar refractivity (Wildman–Crippen MR) is 69.1 cm³/mol. The number of nitro groups is 1. The van der Waals surface area contributed by atoms with E-state index in [9.17, 15) is 14.9 Å². The number of carbonyl (C=O) groups is 1. The first kappa shape index (κ1) is 13.6. The van der Waals surface area contributed by atoms with Crippen molar-refractivity contribution in [2.24, 2.45) is 5.41 Å². The van der Waals surface area contributed by atoms with Crippen LogP contribution in [0.3, 0.4) is 0 Å². The molecular weight excluding hydrogens is 272 g/mol. The molecule has 0 radical (unpaired) electrons. The molecule has 0 aromatic heterocycles. The number of halogens is 1. The van der Waals surface area contributed by atoms with Crippen molar-refractivity contribution in [3.63, 3.8) is 0 Å². The van der Waals surface area contributed by atoms with Crippen LogP contribution < -0.4 is 5.32 Å². The standard InChI is InChI=1S/C12H13ClN2O4/c1-12(2)6-19-11(16)14-10(12)8-5-7(13)3-4-9(8)15(17)18/h3-5,10H,6H2,1-2H3,(H,14,16)/t10-/m1/s1. The highest BCUT2D eigenvalue weighted by molar-refractivity contribution is 6.30. The minimum absolute atomic E-state index is 0.0651. The van der Waals surface area contributed by atoms with Crippen LogP contribution in [0.4, 0.5) is 10.5 Å². The van der Waals surface area contributed by atoms with Gasteiger partial charge in [0.05, 0.1) is 16.5 Å². The molecule has 7 heteroatoms. The van der Waals surface area contributed by atoms with Gasteiger partial charge in [0.25, 0.3) is 5.69 Å². The molecule has 0 aliphatic carbocycles. The minimum atomic E-state index is -0.585. The summed E-state index contributed by atoms with van der Waals surface area (Å²) in [6.07, 6.45) is -0.585. The topological polar surface area (TPSA) is 81.5 Å². The lowest BCUT2D eigenvalue weighted by Crippen LogP contribution is -2.47. The number of rotatable bonds is 2. The molecule has 1 N–H and O–H groups in total. The van der Waals surface area contributed by atoms with Gasteiger partial charge in [0.15, 0.2) is 0 Å². The Balaban J connectivity index is 2.52. The molecule has 1 aromatic carbocycles. The Kier molecular flexibility index (Phi) is 3.36. The van der Waals surface area contributed by atoms with Crippen molar-refractivity contribution in [3.8, 4) is 0 Å². The summed E-state index contributed by atoms with van der Waals surface area (Å²) in [4.78, 5) is 22.0. The third-order valence-electron chi connectivity index (χ3n) is 3.12. The van der Waals surface area contributed by atoms with Crippen molar-refractivity contribution in [2.45, 2.75) is 19.9 Å². The second-order valence-electron chi connectivity index (χ2n) is 5.10. The minimum Gasteiger partial charge on any atom is -0.449 e. The Morgan fingerprint density at radius 1 is 1.53 bits per heavy atom. The Bertz CT molecular complexity index is 545. The van der Waals surface area contributed by atoms with Crippen molar-refractivity contribution in [3.05, 3.63) is 38.9 Å². The van der Waals surface area contributed by atoms with E-state index in [1.165, 1.54) is 18.2 Å². The van der Waals surface area contributed by atoms with Crippen molar-refractivity contribution in [2.75, 3.05) is 6.61 Å². The monoisotopic (exact) mass is 284 g/mol. The van der Waals surface area contributed by atoms with Crippen LogP contribution in [-0.2, 0) is 4.74 Å². The number of hydrogen-bond donors (Lipinski definition) is 1. The van der Waals surface area contributed by atoms with E-state index in [1.807, 2.05) is 13.8 Å². The average Bonchev–Trinajstić information content (AvgIpc) is 2.32. The third kappa shape index (κ3) is 2.63.